The van der Waals surface area contributed by atoms with Gasteiger partial charge >= 0.3 is 0 Å². The van der Waals surface area contributed by atoms with Crippen molar-refractivity contribution in [3.05, 3.63) is 28.8 Å². The standard InChI is InChI=1S/C13H20ClNO2/c1-3-7-13(2,9-16)15-8-10-5-4-6-11(14)12(10)17/h4-6,15-17H,3,7-9H2,1-2H3. The zero-order valence-electron chi connectivity index (χ0n) is 10.3. The maximum absolute atomic E-state index is 9.76. The highest BCUT2D eigenvalue weighted by molar-refractivity contribution is 6.32. The quantitative estimate of drug-likeness (QED) is 0.735. The number of hydrogen-bond acceptors (Lipinski definition) is 3. The Bertz CT molecular complexity index is 370. The van der Waals surface area contributed by atoms with E-state index in [-0.39, 0.29) is 17.9 Å². The Morgan fingerprint density at radius 1 is 1.41 bits per heavy atom. The van der Waals surface area contributed by atoms with Gasteiger partial charge in [0.2, 0.25) is 0 Å². The molecule has 96 valence electrons. The minimum absolute atomic E-state index is 0.0716. The molecule has 1 aromatic carbocycles. The fourth-order valence-electron chi connectivity index (χ4n) is 1.79. The van der Waals surface area contributed by atoms with Crippen molar-refractivity contribution >= 4 is 11.6 Å². The highest BCUT2D eigenvalue weighted by Gasteiger charge is 2.21. The second-order valence-electron chi connectivity index (χ2n) is 4.57. The van der Waals surface area contributed by atoms with Crippen molar-refractivity contribution < 1.29 is 10.2 Å². The SMILES string of the molecule is CCCC(C)(CO)NCc1cccc(Cl)c1O. The molecule has 1 rings (SSSR count). The number of halogens is 1. The predicted octanol–water partition coefficient (Wildman–Crippen LogP) is 2.69. The number of phenols is 1. The first-order valence-corrected chi connectivity index (χ1v) is 6.22. The van der Waals surface area contributed by atoms with E-state index in [2.05, 4.69) is 12.2 Å². The third-order valence-corrected chi connectivity index (χ3v) is 3.23. The molecule has 0 saturated heterocycles. The van der Waals surface area contributed by atoms with E-state index in [1.54, 1.807) is 12.1 Å². The fraction of sp³-hybridized carbons (Fsp3) is 0.538. The normalized spacial score (nSPS) is 14.6. The average Bonchev–Trinajstić information content (AvgIpc) is 2.31. The maximum Gasteiger partial charge on any atom is 0.138 e. The number of aliphatic hydroxyl groups is 1. The molecular weight excluding hydrogens is 238 g/mol. The molecule has 0 amide bonds. The topological polar surface area (TPSA) is 52.5 Å². The first-order valence-electron chi connectivity index (χ1n) is 5.84. The Hall–Kier alpha value is -0.770. The fourth-order valence-corrected chi connectivity index (χ4v) is 1.98. The molecule has 1 atom stereocenters. The van der Waals surface area contributed by atoms with Crippen molar-refractivity contribution in [2.24, 2.45) is 0 Å². The Morgan fingerprint density at radius 2 is 2.12 bits per heavy atom. The molecule has 1 aromatic rings. The monoisotopic (exact) mass is 257 g/mol. The van der Waals surface area contributed by atoms with Gasteiger partial charge in [-0.2, -0.15) is 0 Å². The molecule has 0 spiro atoms. The number of phenolic OH excluding ortho intramolecular Hbond substituents is 1. The van der Waals surface area contributed by atoms with E-state index in [0.29, 0.717) is 11.6 Å². The first kappa shape index (κ1) is 14.3. The minimum atomic E-state index is -0.316. The molecule has 0 radical (unpaired) electrons. The van der Waals surface area contributed by atoms with Crippen molar-refractivity contribution in [3.63, 3.8) is 0 Å². The Morgan fingerprint density at radius 3 is 2.71 bits per heavy atom. The number of nitrogens with one attached hydrogen (secondary N) is 1. The lowest BCUT2D eigenvalue weighted by molar-refractivity contribution is 0.163. The molecule has 0 aromatic heterocycles. The van der Waals surface area contributed by atoms with E-state index in [4.69, 9.17) is 11.6 Å². The molecule has 0 aliphatic heterocycles. The van der Waals surface area contributed by atoms with Crippen LogP contribution < -0.4 is 5.32 Å². The van der Waals surface area contributed by atoms with Crippen LogP contribution in [0.5, 0.6) is 5.75 Å². The van der Waals surface area contributed by atoms with Gasteiger partial charge in [-0.1, -0.05) is 37.1 Å². The summed E-state index contributed by atoms with van der Waals surface area (Å²) in [4.78, 5) is 0. The molecule has 4 heteroatoms. The van der Waals surface area contributed by atoms with Gasteiger partial charge in [0, 0.05) is 17.6 Å². The number of benzene rings is 1. The van der Waals surface area contributed by atoms with Crippen LogP contribution in [0.15, 0.2) is 18.2 Å². The minimum Gasteiger partial charge on any atom is -0.506 e. The highest BCUT2D eigenvalue weighted by Crippen LogP contribution is 2.27. The van der Waals surface area contributed by atoms with Crippen LogP contribution in [0.1, 0.15) is 32.3 Å². The van der Waals surface area contributed by atoms with E-state index >= 15 is 0 Å². The molecule has 0 aliphatic rings. The average molecular weight is 258 g/mol. The van der Waals surface area contributed by atoms with Crippen LogP contribution in [0.3, 0.4) is 0 Å². The molecule has 0 heterocycles. The van der Waals surface area contributed by atoms with Gasteiger partial charge in [-0.3, -0.25) is 0 Å². The van der Waals surface area contributed by atoms with Crippen LogP contribution in [0.25, 0.3) is 0 Å². The Labute approximate surface area is 107 Å². The van der Waals surface area contributed by atoms with Gasteiger partial charge in [0.15, 0.2) is 0 Å². The van der Waals surface area contributed by atoms with E-state index in [1.165, 1.54) is 0 Å². The summed E-state index contributed by atoms with van der Waals surface area (Å²) in [5, 5.41) is 22.7. The number of aliphatic hydroxyl groups excluding tert-OH is 1. The zero-order chi connectivity index (χ0) is 12.9. The second-order valence-corrected chi connectivity index (χ2v) is 4.98. The summed E-state index contributed by atoms with van der Waals surface area (Å²) in [7, 11) is 0. The van der Waals surface area contributed by atoms with Crippen molar-refractivity contribution in [2.45, 2.75) is 38.8 Å². The van der Waals surface area contributed by atoms with Crippen LogP contribution in [0.2, 0.25) is 5.02 Å². The number of aromatic hydroxyl groups is 1. The summed E-state index contributed by atoms with van der Waals surface area (Å²) in [5.74, 6) is 0.110. The Kier molecular flexibility index (Phi) is 5.25. The largest absolute Gasteiger partial charge is 0.506 e. The molecule has 3 N–H and O–H groups in total. The second kappa shape index (κ2) is 6.24. The smallest absolute Gasteiger partial charge is 0.138 e. The van der Waals surface area contributed by atoms with E-state index < -0.39 is 0 Å². The molecular formula is C13H20ClNO2. The van der Waals surface area contributed by atoms with Crippen LogP contribution in [0.4, 0.5) is 0 Å². The van der Waals surface area contributed by atoms with E-state index in [9.17, 15) is 10.2 Å². The lowest BCUT2D eigenvalue weighted by Crippen LogP contribution is -2.45. The van der Waals surface area contributed by atoms with Crippen molar-refractivity contribution in [1.29, 1.82) is 0 Å². The summed E-state index contributed by atoms with van der Waals surface area (Å²) in [6.07, 6.45) is 1.87. The molecule has 0 fully saturated rings. The summed E-state index contributed by atoms with van der Waals surface area (Å²) in [6, 6.07) is 5.27. The third-order valence-electron chi connectivity index (χ3n) is 2.93. The van der Waals surface area contributed by atoms with Gasteiger partial charge in [0.25, 0.3) is 0 Å². The Balaban J connectivity index is 2.69. The van der Waals surface area contributed by atoms with Crippen molar-refractivity contribution in [2.75, 3.05) is 6.61 Å². The first-order chi connectivity index (χ1) is 8.02. The van der Waals surface area contributed by atoms with Gasteiger partial charge in [-0.25, -0.2) is 0 Å². The molecule has 0 aliphatic carbocycles. The van der Waals surface area contributed by atoms with Crippen LogP contribution in [-0.4, -0.2) is 22.4 Å². The van der Waals surface area contributed by atoms with Gasteiger partial charge in [-0.05, 0) is 19.4 Å². The van der Waals surface area contributed by atoms with Gasteiger partial charge in [0.05, 0.1) is 11.6 Å². The third kappa shape index (κ3) is 3.87. The lowest BCUT2D eigenvalue weighted by atomic mass is 9.97. The molecule has 0 bridgehead atoms. The van der Waals surface area contributed by atoms with Gasteiger partial charge in [-0.15, -0.1) is 0 Å². The highest BCUT2D eigenvalue weighted by atomic mass is 35.5. The lowest BCUT2D eigenvalue weighted by Gasteiger charge is -2.28. The maximum atomic E-state index is 9.76. The van der Waals surface area contributed by atoms with Gasteiger partial charge in [0.1, 0.15) is 5.75 Å². The van der Waals surface area contributed by atoms with E-state index in [0.717, 1.165) is 18.4 Å². The summed E-state index contributed by atoms with van der Waals surface area (Å²) >= 11 is 5.83. The summed E-state index contributed by atoms with van der Waals surface area (Å²) < 4.78 is 0. The van der Waals surface area contributed by atoms with Gasteiger partial charge < -0.3 is 15.5 Å². The van der Waals surface area contributed by atoms with Crippen molar-refractivity contribution in [1.82, 2.24) is 5.32 Å². The molecule has 1 unspecified atom stereocenters. The molecule has 3 nitrogen and oxygen atoms in total. The summed E-state index contributed by atoms with van der Waals surface area (Å²) in [5.41, 5.74) is 0.428. The number of para-hydroxylation sites is 1. The summed E-state index contributed by atoms with van der Waals surface area (Å²) in [6.45, 7) is 4.61. The molecule has 17 heavy (non-hydrogen) atoms. The predicted molar refractivity (Wildman–Crippen MR) is 70.4 cm³/mol. The van der Waals surface area contributed by atoms with E-state index in [1.807, 2.05) is 13.0 Å². The molecule has 0 saturated carbocycles. The number of rotatable bonds is 6. The zero-order valence-corrected chi connectivity index (χ0v) is 11.1. The van der Waals surface area contributed by atoms with Crippen LogP contribution >= 0.6 is 11.6 Å². The van der Waals surface area contributed by atoms with Crippen LogP contribution in [0, 0.1) is 0 Å². The van der Waals surface area contributed by atoms with Crippen LogP contribution in [-0.2, 0) is 6.54 Å². The number of hydrogen-bond donors (Lipinski definition) is 3. The van der Waals surface area contributed by atoms with Crippen molar-refractivity contribution in [3.8, 4) is 5.75 Å².